The number of carbonyl (C=O) groups excluding carboxylic acids is 2. The molecule has 28 heavy (non-hydrogen) atoms. The smallest absolute Gasteiger partial charge is 0.259 e. The minimum Gasteiger partial charge on any atom is -0.359 e. The van der Waals surface area contributed by atoms with Crippen LogP contribution in [0.5, 0.6) is 0 Å². The summed E-state index contributed by atoms with van der Waals surface area (Å²) in [6.07, 6.45) is 1.35. The minimum absolute atomic E-state index is 0.243. The topological polar surface area (TPSA) is 75.4 Å². The lowest BCUT2D eigenvalue weighted by Crippen LogP contribution is -2.25. The van der Waals surface area contributed by atoms with Crippen LogP contribution in [0.1, 0.15) is 17.0 Å². The second-order valence-electron chi connectivity index (χ2n) is 6.40. The van der Waals surface area contributed by atoms with E-state index in [9.17, 15) is 9.59 Å². The van der Waals surface area contributed by atoms with Gasteiger partial charge < -0.3 is 14.7 Å². The molecule has 2 aromatic carbocycles. The van der Waals surface area contributed by atoms with Crippen LogP contribution in [0, 0.1) is 10.5 Å². The van der Waals surface area contributed by atoms with Crippen molar-refractivity contribution in [2.75, 3.05) is 10.2 Å². The Balaban J connectivity index is 1.62. The van der Waals surface area contributed by atoms with E-state index in [0.29, 0.717) is 17.0 Å². The van der Waals surface area contributed by atoms with Crippen molar-refractivity contribution >= 4 is 51.4 Å². The molecule has 1 aliphatic heterocycles. The average Bonchev–Trinajstić information content (AvgIpc) is 3.19. The van der Waals surface area contributed by atoms with E-state index < -0.39 is 0 Å². The number of fused-ring (bicyclic) bond motifs is 1. The molecule has 140 valence electrons. The number of carbonyl (C=O) groups is 2. The van der Waals surface area contributed by atoms with E-state index in [1.54, 1.807) is 11.0 Å². The molecular weight excluding hydrogens is 469 g/mol. The number of hydrogen-bond donors (Lipinski definition) is 1. The van der Waals surface area contributed by atoms with Gasteiger partial charge in [0.25, 0.3) is 5.91 Å². The molecule has 0 aliphatic carbocycles. The van der Waals surface area contributed by atoms with Crippen molar-refractivity contribution in [2.24, 2.45) is 0 Å². The van der Waals surface area contributed by atoms with Gasteiger partial charge in [0.05, 0.1) is 23.5 Å². The Morgan fingerprint density at radius 2 is 2.04 bits per heavy atom. The fourth-order valence-electron chi connectivity index (χ4n) is 3.13. The van der Waals surface area contributed by atoms with Gasteiger partial charge in [0.1, 0.15) is 0 Å². The minimum atomic E-state index is -0.350. The van der Waals surface area contributed by atoms with Crippen molar-refractivity contribution in [2.45, 2.75) is 13.5 Å². The molecular formula is C21H16IN3O3. The standard InChI is InChI=1S/C21H16IN3O3/c1-13-9-16(28-24-13)12-25-19-8-3-2-7-17(19)18(21(25)27)11-20(26)23-15-6-4-5-14(22)10-15/h2-11H,12H2,1H3,(H,23,26)/b18-11+. The number of halogens is 1. The highest BCUT2D eigenvalue weighted by Crippen LogP contribution is 2.37. The lowest BCUT2D eigenvalue weighted by Gasteiger charge is -2.14. The summed E-state index contributed by atoms with van der Waals surface area (Å²) in [6.45, 7) is 2.08. The molecule has 6 nitrogen and oxygen atoms in total. The van der Waals surface area contributed by atoms with Crippen LogP contribution in [-0.4, -0.2) is 17.0 Å². The summed E-state index contributed by atoms with van der Waals surface area (Å²) in [4.78, 5) is 27.1. The van der Waals surface area contributed by atoms with Gasteiger partial charge in [0.2, 0.25) is 5.91 Å². The van der Waals surface area contributed by atoms with Gasteiger partial charge >= 0.3 is 0 Å². The van der Waals surface area contributed by atoms with Crippen molar-refractivity contribution in [3.63, 3.8) is 0 Å². The Hall–Kier alpha value is -2.94. The molecule has 0 bridgehead atoms. The van der Waals surface area contributed by atoms with Gasteiger partial charge in [0, 0.05) is 27.0 Å². The Kier molecular flexibility index (Phi) is 4.99. The number of rotatable bonds is 4. The number of nitrogens with one attached hydrogen (secondary N) is 1. The lowest BCUT2D eigenvalue weighted by atomic mass is 10.1. The first-order valence-corrected chi connectivity index (χ1v) is 9.71. The van der Waals surface area contributed by atoms with Gasteiger partial charge in [-0.05, 0) is 53.8 Å². The maximum atomic E-state index is 13.0. The van der Waals surface area contributed by atoms with Crippen LogP contribution in [0.3, 0.4) is 0 Å². The molecule has 0 fully saturated rings. The fraction of sp³-hybridized carbons (Fsp3) is 0.0952. The van der Waals surface area contributed by atoms with Gasteiger partial charge in [-0.25, -0.2) is 0 Å². The molecule has 3 aromatic rings. The van der Waals surface area contributed by atoms with Crippen LogP contribution in [0.25, 0.3) is 5.57 Å². The molecule has 2 heterocycles. The van der Waals surface area contributed by atoms with E-state index in [1.165, 1.54) is 6.08 Å². The predicted molar refractivity (Wildman–Crippen MR) is 115 cm³/mol. The van der Waals surface area contributed by atoms with Crippen LogP contribution in [0.15, 0.2) is 65.2 Å². The SMILES string of the molecule is Cc1cc(CN2C(=O)/C(=C/C(=O)Nc3cccc(I)c3)c3ccccc32)on1. The van der Waals surface area contributed by atoms with E-state index in [1.807, 2.05) is 55.5 Å². The highest BCUT2D eigenvalue weighted by molar-refractivity contribution is 14.1. The maximum Gasteiger partial charge on any atom is 0.259 e. The van der Waals surface area contributed by atoms with Gasteiger partial charge in [-0.2, -0.15) is 0 Å². The highest BCUT2D eigenvalue weighted by Gasteiger charge is 2.33. The van der Waals surface area contributed by atoms with Crippen LogP contribution >= 0.6 is 22.6 Å². The third-order valence-electron chi connectivity index (χ3n) is 4.32. The number of aromatic nitrogens is 1. The van der Waals surface area contributed by atoms with Gasteiger partial charge in [-0.15, -0.1) is 0 Å². The number of aryl methyl sites for hydroxylation is 1. The summed E-state index contributed by atoms with van der Waals surface area (Å²) in [6, 6.07) is 16.7. The Morgan fingerprint density at radius 3 is 2.79 bits per heavy atom. The summed E-state index contributed by atoms with van der Waals surface area (Å²) < 4.78 is 6.27. The largest absolute Gasteiger partial charge is 0.359 e. The summed E-state index contributed by atoms with van der Waals surface area (Å²) in [5.74, 6) is -0.00391. The maximum absolute atomic E-state index is 13.0. The molecule has 0 spiro atoms. The first-order valence-electron chi connectivity index (χ1n) is 8.63. The Bertz CT molecular complexity index is 1100. The molecule has 0 saturated heterocycles. The molecule has 0 radical (unpaired) electrons. The van der Waals surface area contributed by atoms with E-state index in [4.69, 9.17) is 4.52 Å². The number of para-hydroxylation sites is 1. The predicted octanol–water partition coefficient (Wildman–Crippen LogP) is 4.16. The van der Waals surface area contributed by atoms with Crippen molar-refractivity contribution in [1.29, 1.82) is 0 Å². The van der Waals surface area contributed by atoms with Crippen LogP contribution in [-0.2, 0) is 16.1 Å². The van der Waals surface area contributed by atoms with Gasteiger partial charge in [-0.1, -0.05) is 29.4 Å². The van der Waals surface area contributed by atoms with Crippen LogP contribution in [0.2, 0.25) is 0 Å². The first kappa shape index (κ1) is 18.4. The number of nitrogens with zero attached hydrogens (tertiary/aromatic N) is 2. The highest BCUT2D eigenvalue weighted by atomic mass is 127. The Morgan fingerprint density at radius 1 is 1.21 bits per heavy atom. The molecule has 7 heteroatoms. The third kappa shape index (κ3) is 3.70. The average molecular weight is 485 g/mol. The zero-order valence-corrected chi connectivity index (χ0v) is 17.1. The second kappa shape index (κ2) is 7.59. The molecule has 4 rings (SSSR count). The number of anilines is 2. The zero-order chi connectivity index (χ0) is 19.7. The molecule has 2 amide bonds. The second-order valence-corrected chi connectivity index (χ2v) is 7.65. The van der Waals surface area contributed by atoms with E-state index in [0.717, 1.165) is 20.5 Å². The zero-order valence-electron chi connectivity index (χ0n) is 15.0. The normalized spacial score (nSPS) is 14.4. The number of hydrogen-bond acceptors (Lipinski definition) is 4. The Labute approximate surface area is 175 Å². The summed E-state index contributed by atoms with van der Waals surface area (Å²) in [5, 5.41) is 6.68. The van der Waals surface area contributed by atoms with Crippen molar-refractivity contribution in [1.82, 2.24) is 5.16 Å². The van der Waals surface area contributed by atoms with Crippen molar-refractivity contribution in [3.05, 3.63) is 81.3 Å². The van der Waals surface area contributed by atoms with Gasteiger partial charge in [0.15, 0.2) is 5.76 Å². The van der Waals surface area contributed by atoms with Crippen molar-refractivity contribution < 1.29 is 14.1 Å². The first-order chi connectivity index (χ1) is 13.5. The fourth-order valence-corrected chi connectivity index (χ4v) is 3.67. The summed E-state index contributed by atoms with van der Waals surface area (Å²) >= 11 is 2.18. The molecule has 0 saturated carbocycles. The van der Waals surface area contributed by atoms with Crippen LogP contribution in [0.4, 0.5) is 11.4 Å². The van der Waals surface area contributed by atoms with Gasteiger partial charge in [-0.3, -0.25) is 9.59 Å². The van der Waals surface area contributed by atoms with Crippen LogP contribution < -0.4 is 10.2 Å². The number of amides is 2. The quantitative estimate of drug-likeness (QED) is 0.445. The van der Waals surface area contributed by atoms with E-state index >= 15 is 0 Å². The van der Waals surface area contributed by atoms with E-state index in [-0.39, 0.29) is 18.4 Å². The van der Waals surface area contributed by atoms with Crippen molar-refractivity contribution in [3.8, 4) is 0 Å². The third-order valence-corrected chi connectivity index (χ3v) is 4.99. The number of benzene rings is 2. The molecule has 1 aliphatic rings. The summed E-state index contributed by atoms with van der Waals surface area (Å²) in [7, 11) is 0. The lowest BCUT2D eigenvalue weighted by molar-refractivity contribution is -0.114. The molecule has 0 atom stereocenters. The summed E-state index contributed by atoms with van der Waals surface area (Å²) in [5.41, 5.74) is 3.26. The molecule has 1 aromatic heterocycles. The van der Waals surface area contributed by atoms with E-state index in [2.05, 4.69) is 33.1 Å². The monoisotopic (exact) mass is 485 g/mol. The molecule has 1 N–H and O–H groups in total. The molecule has 0 unspecified atom stereocenters.